The number of aliphatic hydroxyl groups is 1. The summed E-state index contributed by atoms with van der Waals surface area (Å²) in [7, 11) is 0. The number of nitrogens with one attached hydrogen (secondary N) is 2. The summed E-state index contributed by atoms with van der Waals surface area (Å²) in [6.45, 7) is 2.69. The van der Waals surface area contributed by atoms with Crippen LogP contribution in [0.3, 0.4) is 0 Å². The first-order valence-electron chi connectivity index (χ1n) is 6.90. The van der Waals surface area contributed by atoms with Crippen molar-refractivity contribution >= 4 is 23.4 Å². The van der Waals surface area contributed by atoms with E-state index < -0.39 is 0 Å². The number of anilines is 2. The molecule has 0 bridgehead atoms. The van der Waals surface area contributed by atoms with Crippen LogP contribution in [-0.2, 0) is 6.42 Å². The molecule has 0 saturated heterocycles. The average molecular weight is 307 g/mol. The van der Waals surface area contributed by atoms with Crippen molar-refractivity contribution in [3.05, 3.63) is 47.1 Å². The summed E-state index contributed by atoms with van der Waals surface area (Å²) in [4.78, 5) is 8.40. The molecule has 2 rings (SSSR count). The molecule has 21 heavy (non-hydrogen) atoms. The van der Waals surface area contributed by atoms with Crippen LogP contribution < -0.4 is 10.6 Å². The largest absolute Gasteiger partial charge is 0.394 e. The normalized spacial score (nSPS) is 12.0. The van der Waals surface area contributed by atoms with E-state index in [-0.39, 0.29) is 12.6 Å². The maximum absolute atomic E-state index is 9.55. The van der Waals surface area contributed by atoms with Crippen molar-refractivity contribution in [2.45, 2.75) is 19.4 Å². The van der Waals surface area contributed by atoms with Gasteiger partial charge in [-0.1, -0.05) is 41.9 Å². The molecule has 1 heterocycles. The van der Waals surface area contributed by atoms with Crippen molar-refractivity contribution in [1.29, 1.82) is 0 Å². The first kappa shape index (κ1) is 15.5. The number of aromatic nitrogens is 2. The fraction of sp³-hybridized carbons (Fsp3) is 0.333. The van der Waals surface area contributed by atoms with Gasteiger partial charge in [0.05, 0.1) is 18.8 Å². The van der Waals surface area contributed by atoms with Crippen LogP contribution in [0.5, 0.6) is 0 Å². The lowest BCUT2D eigenvalue weighted by molar-refractivity contribution is 0.273. The zero-order valence-corrected chi connectivity index (χ0v) is 12.6. The van der Waals surface area contributed by atoms with Crippen LogP contribution in [0, 0.1) is 0 Å². The predicted octanol–water partition coefficient (Wildman–Crippen LogP) is 2.58. The zero-order chi connectivity index (χ0) is 15.1. The summed E-state index contributed by atoms with van der Waals surface area (Å²) < 4.78 is 0. The van der Waals surface area contributed by atoms with Crippen LogP contribution in [0.15, 0.2) is 36.5 Å². The Hall–Kier alpha value is -1.85. The highest BCUT2D eigenvalue weighted by atomic mass is 35.5. The molecule has 1 aromatic heterocycles. The summed E-state index contributed by atoms with van der Waals surface area (Å²) in [6.07, 6.45) is 2.24. The minimum absolute atomic E-state index is 0.00817. The lowest BCUT2D eigenvalue weighted by Crippen LogP contribution is -2.27. The molecule has 2 aromatic rings. The van der Waals surface area contributed by atoms with Crippen LogP contribution >= 0.6 is 11.6 Å². The standard InChI is InChI=1S/C15H19ClN4O/c1-2-17-15-18-9-13(16)14(20-15)19-12(10-21)8-11-6-4-3-5-7-11/h3-7,9,12,21H,2,8,10H2,1H3,(H2,17,18,19,20). The topological polar surface area (TPSA) is 70.1 Å². The SMILES string of the molecule is CCNc1ncc(Cl)c(NC(CO)Cc2ccccc2)n1. The Balaban J connectivity index is 2.09. The average Bonchev–Trinajstić information content (AvgIpc) is 2.51. The molecular formula is C15H19ClN4O. The minimum atomic E-state index is -0.158. The summed E-state index contributed by atoms with van der Waals surface area (Å²) >= 11 is 6.10. The Labute approximate surface area is 129 Å². The molecule has 112 valence electrons. The van der Waals surface area contributed by atoms with Crippen LogP contribution in [0.4, 0.5) is 11.8 Å². The lowest BCUT2D eigenvalue weighted by atomic mass is 10.1. The summed E-state index contributed by atoms with van der Waals surface area (Å²) in [5, 5.41) is 16.2. The van der Waals surface area contributed by atoms with Gasteiger partial charge in [-0.3, -0.25) is 0 Å². The number of nitrogens with zero attached hydrogens (tertiary/aromatic N) is 2. The van der Waals surface area contributed by atoms with Gasteiger partial charge in [0.15, 0.2) is 5.82 Å². The number of rotatable bonds is 7. The Morgan fingerprint density at radius 3 is 2.71 bits per heavy atom. The first-order chi connectivity index (χ1) is 10.2. The molecule has 0 spiro atoms. The molecule has 1 unspecified atom stereocenters. The van der Waals surface area contributed by atoms with Gasteiger partial charge >= 0.3 is 0 Å². The van der Waals surface area contributed by atoms with E-state index in [9.17, 15) is 5.11 Å². The lowest BCUT2D eigenvalue weighted by Gasteiger charge is -2.18. The monoisotopic (exact) mass is 306 g/mol. The van der Waals surface area contributed by atoms with Crippen molar-refractivity contribution in [2.75, 3.05) is 23.8 Å². The van der Waals surface area contributed by atoms with Gasteiger partial charge < -0.3 is 15.7 Å². The van der Waals surface area contributed by atoms with Gasteiger partial charge in [-0.2, -0.15) is 4.98 Å². The molecular weight excluding hydrogens is 288 g/mol. The van der Waals surface area contributed by atoms with Gasteiger partial charge in [-0.05, 0) is 18.9 Å². The highest BCUT2D eigenvalue weighted by Gasteiger charge is 2.12. The molecule has 1 aromatic carbocycles. The molecule has 0 amide bonds. The fourth-order valence-electron chi connectivity index (χ4n) is 1.96. The Kier molecular flexibility index (Phi) is 5.78. The highest BCUT2D eigenvalue weighted by molar-refractivity contribution is 6.32. The summed E-state index contributed by atoms with van der Waals surface area (Å²) in [5.74, 6) is 1.04. The van der Waals surface area contributed by atoms with Crippen molar-refractivity contribution in [1.82, 2.24) is 9.97 Å². The van der Waals surface area contributed by atoms with E-state index in [0.29, 0.717) is 23.2 Å². The van der Waals surface area contributed by atoms with E-state index in [1.807, 2.05) is 37.3 Å². The highest BCUT2D eigenvalue weighted by Crippen LogP contribution is 2.21. The van der Waals surface area contributed by atoms with Crippen molar-refractivity contribution in [2.24, 2.45) is 0 Å². The maximum Gasteiger partial charge on any atom is 0.224 e. The predicted molar refractivity (Wildman–Crippen MR) is 85.8 cm³/mol. The number of aliphatic hydroxyl groups excluding tert-OH is 1. The van der Waals surface area contributed by atoms with Gasteiger partial charge in [0.25, 0.3) is 0 Å². The first-order valence-corrected chi connectivity index (χ1v) is 7.28. The van der Waals surface area contributed by atoms with Crippen molar-refractivity contribution < 1.29 is 5.11 Å². The van der Waals surface area contributed by atoms with Crippen LogP contribution in [0.2, 0.25) is 5.02 Å². The molecule has 0 radical (unpaired) electrons. The second kappa shape index (κ2) is 7.81. The van der Waals surface area contributed by atoms with E-state index in [0.717, 1.165) is 12.1 Å². The molecule has 0 aliphatic rings. The third-order valence-electron chi connectivity index (χ3n) is 2.97. The number of benzene rings is 1. The number of halogens is 1. The Bertz CT molecular complexity index is 565. The third kappa shape index (κ3) is 4.58. The Morgan fingerprint density at radius 2 is 2.05 bits per heavy atom. The molecule has 0 saturated carbocycles. The Morgan fingerprint density at radius 1 is 1.29 bits per heavy atom. The molecule has 6 heteroatoms. The molecule has 3 N–H and O–H groups in total. The van der Waals surface area contributed by atoms with E-state index in [1.165, 1.54) is 0 Å². The molecule has 0 fully saturated rings. The van der Waals surface area contributed by atoms with Gasteiger partial charge in [0.2, 0.25) is 5.95 Å². The second-order valence-corrected chi connectivity index (χ2v) is 5.04. The fourth-order valence-corrected chi connectivity index (χ4v) is 2.11. The van der Waals surface area contributed by atoms with Gasteiger partial charge in [0.1, 0.15) is 5.02 Å². The van der Waals surface area contributed by atoms with Gasteiger partial charge in [0, 0.05) is 6.54 Å². The van der Waals surface area contributed by atoms with E-state index in [4.69, 9.17) is 11.6 Å². The quantitative estimate of drug-likeness (QED) is 0.733. The molecule has 5 nitrogen and oxygen atoms in total. The summed E-state index contributed by atoms with van der Waals surface area (Å²) in [5.41, 5.74) is 1.14. The van der Waals surface area contributed by atoms with Crippen LogP contribution in [0.25, 0.3) is 0 Å². The van der Waals surface area contributed by atoms with E-state index >= 15 is 0 Å². The van der Waals surface area contributed by atoms with Crippen LogP contribution in [0.1, 0.15) is 12.5 Å². The van der Waals surface area contributed by atoms with Crippen LogP contribution in [-0.4, -0.2) is 34.3 Å². The van der Waals surface area contributed by atoms with E-state index in [2.05, 4.69) is 20.6 Å². The number of hydrogen-bond donors (Lipinski definition) is 3. The summed E-state index contributed by atoms with van der Waals surface area (Å²) in [6, 6.07) is 9.81. The molecule has 1 atom stereocenters. The van der Waals surface area contributed by atoms with Crippen molar-refractivity contribution in [3.63, 3.8) is 0 Å². The van der Waals surface area contributed by atoms with Gasteiger partial charge in [-0.25, -0.2) is 4.98 Å². The third-order valence-corrected chi connectivity index (χ3v) is 3.24. The van der Waals surface area contributed by atoms with Gasteiger partial charge in [-0.15, -0.1) is 0 Å². The number of hydrogen-bond acceptors (Lipinski definition) is 5. The minimum Gasteiger partial charge on any atom is -0.394 e. The zero-order valence-electron chi connectivity index (χ0n) is 11.9. The molecule has 0 aliphatic carbocycles. The second-order valence-electron chi connectivity index (χ2n) is 4.63. The molecule has 0 aliphatic heterocycles. The van der Waals surface area contributed by atoms with Crippen molar-refractivity contribution in [3.8, 4) is 0 Å². The smallest absolute Gasteiger partial charge is 0.224 e. The maximum atomic E-state index is 9.55. The van der Waals surface area contributed by atoms with E-state index in [1.54, 1.807) is 6.20 Å².